The second kappa shape index (κ2) is 7.32. The zero-order valence-electron chi connectivity index (χ0n) is 10.2. The maximum Gasteiger partial charge on any atom is 0.282 e. The lowest BCUT2D eigenvalue weighted by molar-refractivity contribution is -0.0493. The summed E-state index contributed by atoms with van der Waals surface area (Å²) < 4.78 is 43.0. The topological polar surface area (TPSA) is 61.7 Å². The zero-order valence-corrected chi connectivity index (χ0v) is 10.2. The van der Waals surface area contributed by atoms with Crippen LogP contribution in [0.5, 0.6) is 5.75 Å². The van der Waals surface area contributed by atoms with Crippen molar-refractivity contribution in [3.63, 3.8) is 0 Å². The summed E-state index contributed by atoms with van der Waals surface area (Å²) in [6.45, 7) is -2.18. The molecule has 0 bridgehead atoms. The standard InChI is InChI=1S/C12H16F3NO3/c13-9-1-3-11(4-2-9)19-6-10(18)5-16-7-12(14,15)8-17/h1-4,10,16-18H,5-8H2. The average Bonchev–Trinajstić information content (AvgIpc) is 2.38. The summed E-state index contributed by atoms with van der Waals surface area (Å²) in [4.78, 5) is 0. The fraction of sp³-hybridized carbons (Fsp3) is 0.500. The Labute approximate surface area is 108 Å². The number of hydrogen-bond donors (Lipinski definition) is 3. The molecule has 0 aliphatic rings. The molecule has 0 spiro atoms. The first-order chi connectivity index (χ1) is 8.93. The Hall–Kier alpha value is -1.31. The molecule has 108 valence electrons. The molecule has 0 radical (unpaired) electrons. The molecule has 1 aromatic carbocycles. The van der Waals surface area contributed by atoms with Crippen LogP contribution in [0.4, 0.5) is 13.2 Å². The minimum atomic E-state index is -3.21. The van der Waals surface area contributed by atoms with Crippen LogP contribution in [0.2, 0.25) is 0 Å². The summed E-state index contributed by atoms with van der Waals surface area (Å²) >= 11 is 0. The highest BCUT2D eigenvalue weighted by atomic mass is 19.3. The third-order valence-corrected chi connectivity index (χ3v) is 2.25. The van der Waals surface area contributed by atoms with Crippen LogP contribution in [0.15, 0.2) is 24.3 Å². The predicted octanol–water partition coefficient (Wildman–Crippen LogP) is 0.783. The van der Waals surface area contributed by atoms with Gasteiger partial charge in [-0.1, -0.05) is 0 Å². The molecular weight excluding hydrogens is 263 g/mol. The van der Waals surface area contributed by atoms with E-state index in [9.17, 15) is 18.3 Å². The van der Waals surface area contributed by atoms with E-state index in [1.54, 1.807) is 0 Å². The molecule has 0 aliphatic heterocycles. The van der Waals surface area contributed by atoms with Gasteiger partial charge in [0, 0.05) is 6.54 Å². The number of benzene rings is 1. The minimum Gasteiger partial charge on any atom is -0.491 e. The van der Waals surface area contributed by atoms with Gasteiger partial charge in [0.1, 0.15) is 30.9 Å². The molecule has 1 rings (SSSR count). The Kier molecular flexibility index (Phi) is 6.07. The SMILES string of the molecule is OCC(F)(F)CNCC(O)COc1ccc(F)cc1. The number of aliphatic hydroxyl groups excluding tert-OH is 2. The van der Waals surface area contributed by atoms with Crippen LogP contribution in [0, 0.1) is 5.82 Å². The fourth-order valence-corrected chi connectivity index (χ4v) is 1.26. The Bertz CT molecular complexity index is 373. The molecule has 1 aromatic rings. The van der Waals surface area contributed by atoms with Crippen molar-refractivity contribution >= 4 is 0 Å². The van der Waals surface area contributed by atoms with Crippen molar-refractivity contribution in [3.05, 3.63) is 30.1 Å². The molecule has 0 aromatic heterocycles. The summed E-state index contributed by atoms with van der Waals surface area (Å²) in [6, 6.07) is 5.22. The third-order valence-electron chi connectivity index (χ3n) is 2.25. The van der Waals surface area contributed by atoms with Crippen LogP contribution >= 0.6 is 0 Å². The third kappa shape index (κ3) is 6.42. The molecule has 3 N–H and O–H groups in total. The molecule has 0 fully saturated rings. The summed E-state index contributed by atoms with van der Waals surface area (Å²) in [5.74, 6) is -3.24. The smallest absolute Gasteiger partial charge is 0.282 e. The largest absolute Gasteiger partial charge is 0.491 e. The molecule has 0 aliphatic carbocycles. The van der Waals surface area contributed by atoms with Gasteiger partial charge in [0.05, 0.1) is 6.54 Å². The molecule has 0 saturated carbocycles. The highest BCUT2D eigenvalue weighted by molar-refractivity contribution is 5.22. The van der Waals surface area contributed by atoms with Crippen molar-refractivity contribution in [2.75, 3.05) is 26.3 Å². The van der Waals surface area contributed by atoms with Crippen LogP contribution in [-0.2, 0) is 0 Å². The van der Waals surface area contributed by atoms with Gasteiger partial charge in [-0.05, 0) is 24.3 Å². The number of rotatable bonds is 8. The van der Waals surface area contributed by atoms with Gasteiger partial charge in [-0.3, -0.25) is 0 Å². The van der Waals surface area contributed by atoms with Crippen LogP contribution in [0.3, 0.4) is 0 Å². The molecule has 0 heterocycles. The van der Waals surface area contributed by atoms with Gasteiger partial charge in [-0.15, -0.1) is 0 Å². The van der Waals surface area contributed by atoms with Gasteiger partial charge in [0.2, 0.25) is 0 Å². The summed E-state index contributed by atoms with van der Waals surface area (Å²) in [5, 5.41) is 20.1. The second-order valence-corrected chi connectivity index (χ2v) is 4.06. The van der Waals surface area contributed by atoms with E-state index in [0.717, 1.165) is 0 Å². The van der Waals surface area contributed by atoms with Gasteiger partial charge in [0.15, 0.2) is 0 Å². The highest BCUT2D eigenvalue weighted by Gasteiger charge is 2.27. The van der Waals surface area contributed by atoms with Crippen molar-refractivity contribution in [2.45, 2.75) is 12.0 Å². The molecule has 7 heteroatoms. The number of alkyl halides is 2. The molecule has 19 heavy (non-hydrogen) atoms. The molecular formula is C12H16F3NO3. The minimum absolute atomic E-state index is 0.100. The van der Waals surface area contributed by atoms with Crippen molar-refractivity contribution in [1.82, 2.24) is 5.32 Å². The van der Waals surface area contributed by atoms with Crippen LogP contribution in [-0.4, -0.2) is 48.5 Å². The summed E-state index contributed by atoms with van der Waals surface area (Å²) in [5.41, 5.74) is 0. The van der Waals surface area contributed by atoms with E-state index in [1.807, 2.05) is 0 Å². The molecule has 1 atom stereocenters. The lowest BCUT2D eigenvalue weighted by Gasteiger charge is -2.16. The maximum absolute atomic E-state index is 12.6. The molecule has 0 amide bonds. The highest BCUT2D eigenvalue weighted by Crippen LogP contribution is 2.11. The normalized spacial score (nSPS) is 13.3. The van der Waals surface area contributed by atoms with Crippen molar-refractivity contribution in [3.8, 4) is 5.75 Å². The van der Waals surface area contributed by atoms with E-state index >= 15 is 0 Å². The lowest BCUT2D eigenvalue weighted by atomic mass is 10.3. The summed E-state index contributed by atoms with van der Waals surface area (Å²) in [6.07, 6.45) is -0.987. The number of aliphatic hydroxyl groups is 2. The molecule has 1 unspecified atom stereocenters. The molecule has 0 saturated heterocycles. The Morgan fingerprint density at radius 2 is 1.89 bits per heavy atom. The van der Waals surface area contributed by atoms with Gasteiger partial charge in [-0.25, -0.2) is 13.2 Å². The van der Waals surface area contributed by atoms with Gasteiger partial charge in [0.25, 0.3) is 5.92 Å². The number of nitrogens with one attached hydrogen (secondary N) is 1. The zero-order chi connectivity index (χ0) is 14.3. The lowest BCUT2D eigenvalue weighted by Crippen LogP contribution is -2.40. The average molecular weight is 279 g/mol. The van der Waals surface area contributed by atoms with Gasteiger partial charge >= 0.3 is 0 Å². The molecule has 4 nitrogen and oxygen atoms in total. The van der Waals surface area contributed by atoms with E-state index in [1.165, 1.54) is 24.3 Å². The first-order valence-electron chi connectivity index (χ1n) is 5.69. The van der Waals surface area contributed by atoms with E-state index in [2.05, 4.69) is 5.32 Å². The van der Waals surface area contributed by atoms with E-state index < -0.39 is 31.0 Å². The Morgan fingerprint density at radius 1 is 1.26 bits per heavy atom. The monoisotopic (exact) mass is 279 g/mol. The van der Waals surface area contributed by atoms with Crippen molar-refractivity contribution in [2.24, 2.45) is 0 Å². The maximum atomic E-state index is 12.6. The second-order valence-electron chi connectivity index (χ2n) is 4.06. The van der Waals surface area contributed by atoms with Gasteiger partial charge in [-0.2, -0.15) is 0 Å². The Balaban J connectivity index is 2.21. The van der Waals surface area contributed by atoms with Crippen molar-refractivity contribution in [1.29, 1.82) is 0 Å². The first-order valence-corrected chi connectivity index (χ1v) is 5.69. The van der Waals surface area contributed by atoms with Crippen LogP contribution in [0.25, 0.3) is 0 Å². The van der Waals surface area contributed by atoms with Crippen LogP contribution < -0.4 is 10.1 Å². The van der Waals surface area contributed by atoms with E-state index in [4.69, 9.17) is 9.84 Å². The van der Waals surface area contributed by atoms with Gasteiger partial charge < -0.3 is 20.3 Å². The quantitative estimate of drug-likeness (QED) is 0.658. The summed E-state index contributed by atoms with van der Waals surface area (Å²) in [7, 11) is 0. The number of halogens is 3. The Morgan fingerprint density at radius 3 is 2.47 bits per heavy atom. The first kappa shape index (κ1) is 15.7. The van der Waals surface area contributed by atoms with Crippen molar-refractivity contribution < 1.29 is 28.1 Å². The van der Waals surface area contributed by atoms with E-state index in [0.29, 0.717) is 5.75 Å². The van der Waals surface area contributed by atoms with Crippen LogP contribution in [0.1, 0.15) is 0 Å². The number of ether oxygens (including phenoxy) is 1. The fourth-order valence-electron chi connectivity index (χ4n) is 1.26. The van der Waals surface area contributed by atoms with E-state index in [-0.39, 0.29) is 13.2 Å². The number of hydrogen-bond acceptors (Lipinski definition) is 4. The predicted molar refractivity (Wildman–Crippen MR) is 62.8 cm³/mol.